The summed E-state index contributed by atoms with van der Waals surface area (Å²) in [4.78, 5) is 0. The van der Waals surface area contributed by atoms with E-state index in [9.17, 15) is 0 Å². The zero-order valence-electron chi connectivity index (χ0n) is 1.56. The molecule has 0 unspecified atom stereocenters. The van der Waals surface area contributed by atoms with Crippen LogP contribution < -0.4 is 12.4 Å². The van der Waals surface area contributed by atoms with E-state index in [-0.39, 0.29) is 12.4 Å². The molecule has 0 spiro atoms. The fourth-order valence-electron chi connectivity index (χ4n) is 0. The number of hydrogen-bond acceptors (Lipinski definition) is 1. The van der Waals surface area contributed by atoms with E-state index in [4.69, 9.17) is 3.93 Å². The van der Waals surface area contributed by atoms with Crippen molar-refractivity contribution in [2.45, 2.75) is 0 Å². The third-order valence-corrected chi connectivity index (χ3v) is 0. The minimum absolute atomic E-state index is 0. The molecule has 0 aromatic rings. The first-order valence-electron chi connectivity index (χ1n) is 0.292. The standard InChI is InChI=1S/2ClH.H2O.Ru/h2*1H;1H2;/q;;;+3/p-3. The Hall–Kier alpha value is 1.16. The Kier molecular flexibility index (Phi) is 19.9. The normalized spacial score (nSPS) is 4.50. The van der Waals surface area contributed by atoms with Gasteiger partial charge in [-0.25, -0.2) is 0 Å². The second kappa shape index (κ2) is 8.90. The third kappa shape index (κ3) is 10.9. The summed E-state index contributed by atoms with van der Waals surface area (Å²) in [5.74, 6) is 0. The molecule has 0 fully saturated rings. The zero-order chi connectivity index (χ0) is 2.71. The van der Waals surface area contributed by atoms with Crippen LogP contribution in [0.4, 0.5) is 0 Å². The molecule has 0 amide bonds. The van der Waals surface area contributed by atoms with Crippen LogP contribution in [0, 0.1) is 0 Å². The molecule has 0 radical (unpaired) electrons. The van der Waals surface area contributed by atoms with Crippen LogP contribution in [-0.2, 0) is 16.5 Å². The Morgan fingerprint density at radius 1 is 1.75 bits per heavy atom. The quantitative estimate of drug-likeness (QED) is 0.406. The van der Waals surface area contributed by atoms with Crippen LogP contribution >= 0.6 is 9.69 Å². The van der Waals surface area contributed by atoms with E-state index >= 15 is 0 Å². The molecule has 0 aliphatic heterocycles. The molecule has 0 atom stereocenters. The molecule has 0 aromatic carbocycles. The zero-order valence-corrected chi connectivity index (χ0v) is 4.81. The van der Waals surface area contributed by atoms with Crippen LogP contribution in [0.3, 0.4) is 0 Å². The third-order valence-electron chi connectivity index (χ3n) is 0. The summed E-state index contributed by atoms with van der Waals surface area (Å²) >= 11 is -0.818. The molecule has 0 aromatic heterocycles. The first kappa shape index (κ1) is 8.94. The molecule has 29 valence electrons. The van der Waals surface area contributed by atoms with Gasteiger partial charge in [-0.05, 0) is 0 Å². The van der Waals surface area contributed by atoms with Gasteiger partial charge in [0.2, 0.25) is 0 Å². The van der Waals surface area contributed by atoms with Crippen molar-refractivity contribution in [3.05, 3.63) is 0 Å². The molecule has 4 heavy (non-hydrogen) atoms. The molecular weight excluding hydrogens is 188 g/mol. The molecule has 0 rings (SSSR count). The van der Waals surface area contributed by atoms with Gasteiger partial charge in [0.05, 0.1) is 0 Å². The van der Waals surface area contributed by atoms with E-state index in [1.165, 1.54) is 0 Å². The SMILES string of the molecule is [Cl-].[OH][Ru+][Cl]. The number of hydrogen-bond donors (Lipinski definition) is 1. The van der Waals surface area contributed by atoms with Crippen molar-refractivity contribution in [1.82, 2.24) is 0 Å². The summed E-state index contributed by atoms with van der Waals surface area (Å²) in [5, 5.41) is 0. The van der Waals surface area contributed by atoms with Gasteiger partial charge in [0.25, 0.3) is 0 Å². The van der Waals surface area contributed by atoms with E-state index in [1.54, 1.807) is 0 Å². The van der Waals surface area contributed by atoms with Crippen molar-refractivity contribution in [1.29, 1.82) is 0 Å². The van der Waals surface area contributed by atoms with Crippen LogP contribution in [0.2, 0.25) is 0 Å². The summed E-state index contributed by atoms with van der Waals surface area (Å²) in [7, 11) is 4.64. The van der Waals surface area contributed by atoms with E-state index < -0.39 is 16.5 Å². The Morgan fingerprint density at radius 2 is 1.75 bits per heavy atom. The van der Waals surface area contributed by atoms with Gasteiger partial charge in [-0.1, -0.05) is 0 Å². The molecule has 1 nitrogen and oxygen atoms in total. The Labute approximate surface area is 42.8 Å². The van der Waals surface area contributed by atoms with Crippen molar-refractivity contribution in [3.8, 4) is 0 Å². The molecule has 4 heteroatoms. The summed E-state index contributed by atoms with van der Waals surface area (Å²) in [6, 6.07) is 0. The van der Waals surface area contributed by atoms with Gasteiger partial charge in [0, 0.05) is 0 Å². The number of halogens is 2. The van der Waals surface area contributed by atoms with E-state index in [0.29, 0.717) is 0 Å². The molecule has 1 N–H and O–H groups in total. The maximum absolute atomic E-state index is 7.42. The van der Waals surface area contributed by atoms with Crippen molar-refractivity contribution in [3.63, 3.8) is 0 Å². The van der Waals surface area contributed by atoms with Crippen molar-refractivity contribution in [2.75, 3.05) is 0 Å². The van der Waals surface area contributed by atoms with Gasteiger partial charge < -0.3 is 12.4 Å². The fraction of sp³-hybridized carbons (Fsp3) is 0. The first-order valence-corrected chi connectivity index (χ1v) is 3.31. The second-order valence-corrected chi connectivity index (χ2v) is 1.06. The van der Waals surface area contributed by atoms with Gasteiger partial charge in [0.1, 0.15) is 0 Å². The minimum atomic E-state index is -0.818. The van der Waals surface area contributed by atoms with Crippen LogP contribution in [-0.4, -0.2) is 3.93 Å². The molecular formula is HCl2ORu. The molecule has 0 bridgehead atoms. The Bertz CT molecular complexity index is 6.00. The van der Waals surface area contributed by atoms with Gasteiger partial charge in [-0.15, -0.1) is 0 Å². The Morgan fingerprint density at radius 3 is 1.75 bits per heavy atom. The fourth-order valence-corrected chi connectivity index (χ4v) is 0. The van der Waals surface area contributed by atoms with Gasteiger partial charge in [-0.3, -0.25) is 0 Å². The molecule has 0 aliphatic rings. The molecule has 0 heterocycles. The van der Waals surface area contributed by atoms with Gasteiger partial charge in [0.15, 0.2) is 0 Å². The predicted octanol–water partition coefficient (Wildman–Crippen LogP) is -2.87. The van der Waals surface area contributed by atoms with Crippen molar-refractivity contribution in [2.24, 2.45) is 0 Å². The summed E-state index contributed by atoms with van der Waals surface area (Å²) in [6.07, 6.45) is 0. The average molecular weight is 189 g/mol. The summed E-state index contributed by atoms with van der Waals surface area (Å²) in [5.41, 5.74) is 0. The van der Waals surface area contributed by atoms with Gasteiger partial charge in [-0.2, -0.15) is 0 Å². The first-order chi connectivity index (χ1) is 1.41. The van der Waals surface area contributed by atoms with Crippen LogP contribution in [0.1, 0.15) is 0 Å². The molecule has 0 saturated heterocycles. The summed E-state index contributed by atoms with van der Waals surface area (Å²) in [6.45, 7) is 0. The topological polar surface area (TPSA) is 20.2 Å². The maximum atomic E-state index is 7.42. The van der Waals surface area contributed by atoms with Crippen LogP contribution in [0.15, 0.2) is 0 Å². The number of rotatable bonds is 0. The predicted molar refractivity (Wildman–Crippen MR) is 8.07 cm³/mol. The van der Waals surface area contributed by atoms with Crippen molar-refractivity contribution < 1.29 is 32.8 Å². The van der Waals surface area contributed by atoms with E-state index in [0.717, 1.165) is 0 Å². The average Bonchev–Trinajstić information content (AvgIpc) is 0.918. The van der Waals surface area contributed by atoms with Crippen molar-refractivity contribution >= 4 is 9.69 Å². The van der Waals surface area contributed by atoms with E-state index in [2.05, 4.69) is 9.69 Å². The molecule has 0 aliphatic carbocycles. The second-order valence-electron chi connectivity index (χ2n) is 0.0598. The van der Waals surface area contributed by atoms with Crippen LogP contribution in [0.5, 0.6) is 0 Å². The Balaban J connectivity index is 0. The molecule has 0 saturated carbocycles. The van der Waals surface area contributed by atoms with Crippen LogP contribution in [0.25, 0.3) is 0 Å². The van der Waals surface area contributed by atoms with E-state index in [1.807, 2.05) is 0 Å². The monoisotopic (exact) mass is 189 g/mol. The summed E-state index contributed by atoms with van der Waals surface area (Å²) < 4.78 is 7.42. The van der Waals surface area contributed by atoms with Gasteiger partial charge >= 0.3 is 30.1 Å².